The number of benzene rings is 1. The Hall–Kier alpha value is -0.670. The Morgan fingerprint density at radius 3 is 2.40 bits per heavy atom. The summed E-state index contributed by atoms with van der Waals surface area (Å²) >= 11 is 5.80. The lowest BCUT2D eigenvalue weighted by molar-refractivity contribution is 0.442. The molecule has 0 aliphatic carbocycles. The lowest BCUT2D eigenvalue weighted by atomic mass is 9.90. The maximum atomic E-state index is 13.5. The molecule has 82 valence electrons. The van der Waals surface area contributed by atoms with Crippen LogP contribution in [0.4, 0.5) is 8.78 Å². The lowest BCUT2D eigenvalue weighted by Crippen LogP contribution is -2.27. The van der Waals surface area contributed by atoms with Crippen molar-refractivity contribution >= 4 is 11.6 Å². The largest absolute Gasteiger partial charge is 0.317 e. The normalized spacial score (nSPS) is 18.1. The molecule has 2 rings (SSSR count). The number of piperidine rings is 1. The highest BCUT2D eigenvalue weighted by Gasteiger charge is 2.23. The van der Waals surface area contributed by atoms with E-state index in [-0.39, 0.29) is 10.9 Å². The number of nitrogens with one attached hydrogen (secondary N) is 1. The van der Waals surface area contributed by atoms with Crippen LogP contribution in [0.1, 0.15) is 24.3 Å². The van der Waals surface area contributed by atoms with E-state index in [4.69, 9.17) is 11.6 Å². The summed E-state index contributed by atoms with van der Waals surface area (Å²) in [7, 11) is 0. The van der Waals surface area contributed by atoms with Gasteiger partial charge in [-0.2, -0.15) is 0 Å². The maximum Gasteiger partial charge on any atom is 0.142 e. The van der Waals surface area contributed by atoms with Gasteiger partial charge in [-0.15, -0.1) is 0 Å². The summed E-state index contributed by atoms with van der Waals surface area (Å²) in [5.41, 5.74) is 0.346. The summed E-state index contributed by atoms with van der Waals surface area (Å²) in [5, 5.41) is 3.12. The third-order valence-corrected chi connectivity index (χ3v) is 3.21. The Labute approximate surface area is 92.4 Å². The second-order valence-electron chi connectivity index (χ2n) is 3.78. The summed E-state index contributed by atoms with van der Waals surface area (Å²) in [6.07, 6.45) is 1.61. The maximum absolute atomic E-state index is 13.5. The molecule has 0 radical (unpaired) electrons. The van der Waals surface area contributed by atoms with Crippen molar-refractivity contribution in [3.63, 3.8) is 0 Å². The first kappa shape index (κ1) is 10.8. The van der Waals surface area contributed by atoms with Crippen molar-refractivity contribution in [3.05, 3.63) is 34.4 Å². The van der Waals surface area contributed by atoms with Crippen LogP contribution < -0.4 is 5.32 Å². The molecule has 1 saturated heterocycles. The molecule has 0 unspecified atom stereocenters. The van der Waals surface area contributed by atoms with Gasteiger partial charge in [-0.05, 0) is 44.0 Å². The van der Waals surface area contributed by atoms with Gasteiger partial charge in [0.25, 0.3) is 0 Å². The first-order valence-corrected chi connectivity index (χ1v) is 5.42. The highest BCUT2D eigenvalue weighted by molar-refractivity contribution is 6.31. The van der Waals surface area contributed by atoms with Gasteiger partial charge < -0.3 is 5.32 Å². The first-order chi connectivity index (χ1) is 7.20. The predicted octanol–water partition coefficient (Wildman–Crippen LogP) is 3.09. The Morgan fingerprint density at radius 2 is 1.73 bits per heavy atom. The van der Waals surface area contributed by atoms with Crippen LogP contribution in [0.25, 0.3) is 0 Å². The van der Waals surface area contributed by atoms with Gasteiger partial charge in [-0.1, -0.05) is 11.6 Å². The van der Waals surface area contributed by atoms with Crippen molar-refractivity contribution in [2.75, 3.05) is 13.1 Å². The standard InChI is InChI=1S/C11H12ClF2N/c12-11-9(14)2-1-8(13)10(11)7-3-5-15-6-4-7/h1-2,7,15H,3-6H2. The number of rotatable bonds is 1. The Bertz CT molecular complexity index is 362. The quantitative estimate of drug-likeness (QED) is 0.733. The van der Waals surface area contributed by atoms with Crippen LogP contribution >= 0.6 is 11.6 Å². The van der Waals surface area contributed by atoms with Gasteiger partial charge in [0.1, 0.15) is 11.6 Å². The van der Waals surface area contributed by atoms with Gasteiger partial charge in [0.15, 0.2) is 0 Å². The van der Waals surface area contributed by atoms with Gasteiger partial charge in [-0.3, -0.25) is 0 Å². The fourth-order valence-corrected chi connectivity index (χ4v) is 2.34. The predicted molar refractivity (Wildman–Crippen MR) is 56.2 cm³/mol. The molecular formula is C11H12ClF2N. The van der Waals surface area contributed by atoms with Crippen molar-refractivity contribution in [2.45, 2.75) is 18.8 Å². The Morgan fingerprint density at radius 1 is 1.13 bits per heavy atom. The molecule has 0 aromatic heterocycles. The summed E-state index contributed by atoms with van der Waals surface area (Å²) in [6, 6.07) is 2.22. The third-order valence-electron chi connectivity index (χ3n) is 2.83. The Kier molecular flexibility index (Phi) is 3.22. The third kappa shape index (κ3) is 2.13. The van der Waals surface area contributed by atoms with Crippen molar-refractivity contribution in [3.8, 4) is 0 Å². The average Bonchev–Trinajstić information content (AvgIpc) is 2.26. The zero-order valence-corrected chi connectivity index (χ0v) is 8.95. The molecule has 1 heterocycles. The SMILES string of the molecule is Fc1ccc(F)c(C2CCNCC2)c1Cl. The minimum atomic E-state index is -0.536. The fraction of sp³-hybridized carbons (Fsp3) is 0.455. The minimum absolute atomic E-state index is 0.0365. The van der Waals surface area contributed by atoms with E-state index in [1.165, 1.54) is 0 Å². The molecule has 1 nitrogen and oxygen atoms in total. The van der Waals surface area contributed by atoms with Crippen LogP contribution in [0.2, 0.25) is 5.02 Å². The number of halogens is 3. The molecule has 15 heavy (non-hydrogen) atoms. The molecule has 0 saturated carbocycles. The van der Waals surface area contributed by atoms with E-state index in [0.29, 0.717) is 5.56 Å². The average molecular weight is 232 g/mol. The van der Waals surface area contributed by atoms with Crippen LogP contribution in [0, 0.1) is 11.6 Å². The molecule has 0 spiro atoms. The Balaban J connectivity index is 2.36. The van der Waals surface area contributed by atoms with Gasteiger partial charge in [-0.25, -0.2) is 8.78 Å². The van der Waals surface area contributed by atoms with E-state index in [9.17, 15) is 8.78 Å². The second-order valence-corrected chi connectivity index (χ2v) is 4.16. The monoisotopic (exact) mass is 231 g/mol. The fourth-order valence-electron chi connectivity index (χ4n) is 2.03. The molecule has 0 bridgehead atoms. The second kappa shape index (κ2) is 4.45. The highest BCUT2D eigenvalue weighted by atomic mass is 35.5. The van der Waals surface area contributed by atoms with Crippen molar-refractivity contribution < 1.29 is 8.78 Å². The summed E-state index contributed by atoms with van der Waals surface area (Å²) in [6.45, 7) is 1.66. The van der Waals surface area contributed by atoms with Crippen LogP contribution in [0.15, 0.2) is 12.1 Å². The van der Waals surface area contributed by atoms with Gasteiger partial charge in [0.2, 0.25) is 0 Å². The molecule has 0 atom stereocenters. The van der Waals surface area contributed by atoms with Crippen LogP contribution in [-0.2, 0) is 0 Å². The lowest BCUT2D eigenvalue weighted by Gasteiger charge is -2.24. The first-order valence-electron chi connectivity index (χ1n) is 5.04. The number of hydrogen-bond donors (Lipinski definition) is 1. The zero-order valence-electron chi connectivity index (χ0n) is 8.19. The zero-order chi connectivity index (χ0) is 10.8. The van der Waals surface area contributed by atoms with E-state index >= 15 is 0 Å². The smallest absolute Gasteiger partial charge is 0.142 e. The summed E-state index contributed by atoms with van der Waals surface area (Å²) in [5.74, 6) is -0.894. The number of hydrogen-bond acceptors (Lipinski definition) is 1. The van der Waals surface area contributed by atoms with Crippen molar-refractivity contribution in [2.24, 2.45) is 0 Å². The molecule has 4 heteroatoms. The molecule has 1 aliphatic heterocycles. The van der Waals surface area contributed by atoms with E-state index in [0.717, 1.165) is 38.1 Å². The van der Waals surface area contributed by atoms with Gasteiger partial charge in [0.05, 0.1) is 5.02 Å². The van der Waals surface area contributed by atoms with Crippen LogP contribution in [0.5, 0.6) is 0 Å². The molecule has 1 aromatic carbocycles. The van der Waals surface area contributed by atoms with E-state index in [2.05, 4.69) is 5.32 Å². The van der Waals surface area contributed by atoms with Gasteiger partial charge in [0, 0.05) is 5.56 Å². The van der Waals surface area contributed by atoms with E-state index in [1.807, 2.05) is 0 Å². The van der Waals surface area contributed by atoms with Crippen LogP contribution in [0.3, 0.4) is 0 Å². The van der Waals surface area contributed by atoms with Crippen molar-refractivity contribution in [1.82, 2.24) is 5.32 Å². The summed E-state index contributed by atoms with van der Waals surface area (Å²) in [4.78, 5) is 0. The van der Waals surface area contributed by atoms with Gasteiger partial charge >= 0.3 is 0 Å². The van der Waals surface area contributed by atoms with E-state index in [1.54, 1.807) is 0 Å². The van der Waals surface area contributed by atoms with E-state index < -0.39 is 11.6 Å². The molecule has 0 amide bonds. The molecule has 1 aromatic rings. The highest BCUT2D eigenvalue weighted by Crippen LogP contribution is 2.34. The topological polar surface area (TPSA) is 12.0 Å². The molecular weight excluding hydrogens is 220 g/mol. The minimum Gasteiger partial charge on any atom is -0.317 e. The van der Waals surface area contributed by atoms with Crippen LogP contribution in [-0.4, -0.2) is 13.1 Å². The molecule has 1 aliphatic rings. The summed E-state index contributed by atoms with van der Waals surface area (Å²) < 4.78 is 26.7. The molecule has 1 fully saturated rings. The van der Waals surface area contributed by atoms with Crippen molar-refractivity contribution in [1.29, 1.82) is 0 Å². The molecule has 1 N–H and O–H groups in total.